The van der Waals surface area contributed by atoms with Gasteiger partial charge in [-0.25, -0.2) is 0 Å². The van der Waals surface area contributed by atoms with Crippen LogP contribution >= 0.6 is 0 Å². The van der Waals surface area contributed by atoms with Crippen molar-refractivity contribution in [3.63, 3.8) is 0 Å². The molecule has 2 N–H and O–H groups in total. The quantitative estimate of drug-likeness (QED) is 0.520. The Morgan fingerprint density at radius 2 is 1.69 bits per heavy atom. The normalized spacial score (nSPS) is 11.1. The molecule has 0 aliphatic carbocycles. The molecular weight excluding hydrogens is 237 g/mol. The summed E-state index contributed by atoms with van der Waals surface area (Å²) < 4.78 is 26.9. The van der Waals surface area contributed by atoms with Gasteiger partial charge < -0.3 is 1.43 Å². The van der Waals surface area contributed by atoms with E-state index in [2.05, 4.69) is 4.28 Å². The van der Waals surface area contributed by atoms with Crippen LogP contribution in [0.3, 0.4) is 0 Å². The standard InChI is InChI=1S/C10H9NO3S.Na.H/c11-14-15(12,13)10-7-3-5-8-4-1-2-6-9(8)10;;/h1-7H,11H2;;/q;+1;-1. The maximum atomic E-state index is 11.5. The van der Waals surface area contributed by atoms with Crippen LogP contribution in [0.5, 0.6) is 0 Å². The zero-order valence-corrected chi connectivity index (χ0v) is 11.6. The van der Waals surface area contributed by atoms with Crippen molar-refractivity contribution < 1.29 is 43.7 Å². The second-order valence-corrected chi connectivity index (χ2v) is 4.57. The summed E-state index contributed by atoms with van der Waals surface area (Å²) in [6.07, 6.45) is 0. The molecule has 0 saturated heterocycles. The molecule has 0 amide bonds. The van der Waals surface area contributed by atoms with Gasteiger partial charge in [-0.2, -0.15) is 18.6 Å². The fourth-order valence-electron chi connectivity index (χ4n) is 1.47. The van der Waals surface area contributed by atoms with E-state index in [-0.39, 0.29) is 35.9 Å². The molecule has 0 radical (unpaired) electrons. The first-order chi connectivity index (χ1) is 7.15. The van der Waals surface area contributed by atoms with Crippen molar-refractivity contribution >= 4 is 20.9 Å². The van der Waals surface area contributed by atoms with Crippen LogP contribution in [0.4, 0.5) is 0 Å². The third-order valence-electron chi connectivity index (χ3n) is 2.15. The fourth-order valence-corrected chi connectivity index (χ4v) is 2.27. The Morgan fingerprint density at radius 3 is 2.38 bits per heavy atom. The van der Waals surface area contributed by atoms with E-state index in [1.807, 2.05) is 18.2 Å². The van der Waals surface area contributed by atoms with Crippen molar-refractivity contribution in [3.05, 3.63) is 42.5 Å². The van der Waals surface area contributed by atoms with Crippen LogP contribution in [0.15, 0.2) is 47.4 Å². The summed E-state index contributed by atoms with van der Waals surface area (Å²) in [7, 11) is -3.85. The predicted molar refractivity (Wildman–Crippen MR) is 57.5 cm³/mol. The van der Waals surface area contributed by atoms with Crippen molar-refractivity contribution in [1.82, 2.24) is 0 Å². The van der Waals surface area contributed by atoms with E-state index in [4.69, 9.17) is 5.90 Å². The minimum absolute atomic E-state index is 0. The Hall–Kier alpha value is -0.430. The van der Waals surface area contributed by atoms with E-state index in [1.54, 1.807) is 18.2 Å². The zero-order valence-electron chi connectivity index (χ0n) is 9.75. The number of hydrogen-bond donors (Lipinski definition) is 1. The van der Waals surface area contributed by atoms with Crippen molar-refractivity contribution in [3.8, 4) is 0 Å². The van der Waals surface area contributed by atoms with Crippen molar-refractivity contribution in [1.29, 1.82) is 0 Å². The van der Waals surface area contributed by atoms with Gasteiger partial charge in [0.15, 0.2) is 0 Å². The van der Waals surface area contributed by atoms with Crippen LogP contribution in [0.2, 0.25) is 0 Å². The van der Waals surface area contributed by atoms with Gasteiger partial charge in [-0.15, -0.1) is 0 Å². The molecule has 0 fully saturated rings. The van der Waals surface area contributed by atoms with Gasteiger partial charge in [0.25, 0.3) is 0 Å². The number of fused-ring (bicyclic) bond motifs is 1. The van der Waals surface area contributed by atoms with E-state index in [0.717, 1.165) is 5.39 Å². The van der Waals surface area contributed by atoms with E-state index >= 15 is 0 Å². The van der Waals surface area contributed by atoms with Gasteiger partial charge in [0.2, 0.25) is 0 Å². The van der Waals surface area contributed by atoms with Crippen LogP contribution in [-0.4, -0.2) is 8.42 Å². The summed E-state index contributed by atoms with van der Waals surface area (Å²) in [5.41, 5.74) is 0. The van der Waals surface area contributed by atoms with Gasteiger partial charge in [-0.3, -0.25) is 0 Å². The average Bonchev–Trinajstić information content (AvgIpc) is 2.28. The summed E-state index contributed by atoms with van der Waals surface area (Å²) in [5, 5.41) is 1.43. The molecule has 0 aliphatic heterocycles. The summed E-state index contributed by atoms with van der Waals surface area (Å²) in [6, 6.07) is 12.1. The summed E-state index contributed by atoms with van der Waals surface area (Å²) >= 11 is 0. The summed E-state index contributed by atoms with van der Waals surface area (Å²) in [6.45, 7) is 0. The molecule has 16 heavy (non-hydrogen) atoms. The fraction of sp³-hybridized carbons (Fsp3) is 0. The molecule has 2 rings (SSSR count). The van der Waals surface area contributed by atoms with E-state index in [1.165, 1.54) is 6.07 Å². The molecule has 80 valence electrons. The van der Waals surface area contributed by atoms with Gasteiger partial charge >= 0.3 is 39.7 Å². The molecule has 0 unspecified atom stereocenters. The van der Waals surface area contributed by atoms with Crippen LogP contribution in [0, 0.1) is 0 Å². The largest absolute Gasteiger partial charge is 1.00 e. The van der Waals surface area contributed by atoms with Crippen LogP contribution < -0.4 is 35.5 Å². The second-order valence-electron chi connectivity index (χ2n) is 3.03. The first-order valence-electron chi connectivity index (χ1n) is 4.26. The molecule has 0 heterocycles. The number of rotatable bonds is 2. The van der Waals surface area contributed by atoms with Gasteiger partial charge in [-0.1, -0.05) is 36.4 Å². The Labute approximate surface area is 117 Å². The summed E-state index contributed by atoms with van der Waals surface area (Å²) in [4.78, 5) is 0.0862. The molecule has 2 aromatic rings. The maximum absolute atomic E-state index is 11.5. The topological polar surface area (TPSA) is 69.4 Å². The molecule has 4 nitrogen and oxygen atoms in total. The van der Waals surface area contributed by atoms with Crippen molar-refractivity contribution in [2.45, 2.75) is 4.90 Å². The predicted octanol–water partition coefficient (Wildman–Crippen LogP) is -1.46. The molecule has 0 spiro atoms. The van der Waals surface area contributed by atoms with Crippen molar-refractivity contribution in [2.24, 2.45) is 5.90 Å². The Morgan fingerprint density at radius 1 is 1.06 bits per heavy atom. The first kappa shape index (κ1) is 13.6. The van der Waals surface area contributed by atoms with E-state index in [9.17, 15) is 8.42 Å². The monoisotopic (exact) mass is 247 g/mol. The molecule has 0 saturated carbocycles. The number of hydrogen-bond acceptors (Lipinski definition) is 4. The van der Waals surface area contributed by atoms with Crippen LogP contribution in [0.25, 0.3) is 10.8 Å². The second kappa shape index (κ2) is 5.27. The third-order valence-corrected chi connectivity index (χ3v) is 3.29. The molecule has 2 aromatic carbocycles. The molecule has 0 aliphatic rings. The van der Waals surface area contributed by atoms with Gasteiger partial charge in [0.1, 0.15) is 4.90 Å². The van der Waals surface area contributed by atoms with Gasteiger partial charge in [-0.05, 0) is 11.5 Å². The third kappa shape index (κ3) is 2.45. The zero-order chi connectivity index (χ0) is 10.9. The Balaban J connectivity index is 0.00000128. The van der Waals surface area contributed by atoms with Crippen molar-refractivity contribution in [2.75, 3.05) is 0 Å². The van der Waals surface area contributed by atoms with Crippen LogP contribution in [0.1, 0.15) is 1.43 Å². The minimum Gasteiger partial charge on any atom is -1.00 e. The molecule has 0 bridgehead atoms. The molecular formula is C10H10NNaO3S. The van der Waals surface area contributed by atoms with Crippen LogP contribution in [-0.2, 0) is 14.4 Å². The van der Waals surface area contributed by atoms with Gasteiger partial charge in [0, 0.05) is 5.39 Å². The average molecular weight is 247 g/mol. The van der Waals surface area contributed by atoms with Gasteiger partial charge in [0.05, 0.1) is 0 Å². The van der Waals surface area contributed by atoms with E-state index < -0.39 is 10.1 Å². The summed E-state index contributed by atoms with van der Waals surface area (Å²) in [5.74, 6) is 4.74. The number of nitrogens with two attached hydrogens (primary N) is 1. The smallest absolute Gasteiger partial charge is 1.00 e. The Kier molecular flexibility index (Phi) is 4.49. The maximum Gasteiger partial charge on any atom is 1.00 e. The first-order valence-corrected chi connectivity index (χ1v) is 5.67. The molecule has 6 heteroatoms. The number of benzene rings is 2. The molecule has 0 aromatic heterocycles. The van der Waals surface area contributed by atoms with E-state index in [0.29, 0.717) is 5.39 Å². The molecule has 0 atom stereocenters. The SMILES string of the molecule is NOS(=O)(=O)c1cccc2ccccc12.[H-].[Na+]. The minimum atomic E-state index is -3.85. The Bertz CT molecular complexity index is 598.